The molecule has 0 spiro atoms. The summed E-state index contributed by atoms with van der Waals surface area (Å²) in [5.74, 6) is 3.44. The molecule has 2 radical (unpaired) electrons. The van der Waals surface area contributed by atoms with Crippen molar-refractivity contribution < 1.29 is 0 Å². The van der Waals surface area contributed by atoms with E-state index in [1.165, 1.54) is 76.2 Å². The molecular formula is C26H41BN4. The molecule has 2 aromatic rings. The molecule has 168 valence electrons. The summed E-state index contributed by atoms with van der Waals surface area (Å²) in [6.45, 7) is 6.72. The van der Waals surface area contributed by atoms with Gasteiger partial charge in [-0.2, -0.15) is 5.10 Å². The quantitative estimate of drug-likeness (QED) is 0.491. The van der Waals surface area contributed by atoms with Crippen molar-refractivity contribution in [2.45, 2.75) is 134 Å². The number of hydrogen-bond acceptors (Lipinski definition) is 3. The number of hydrogen-bond donors (Lipinski definition) is 0. The predicted octanol–water partition coefficient (Wildman–Crippen LogP) is 7.25. The first-order valence-electron chi connectivity index (χ1n) is 13.0. The summed E-state index contributed by atoms with van der Waals surface area (Å²) in [6.07, 6.45) is 19.5. The van der Waals surface area contributed by atoms with Crippen LogP contribution in [0.3, 0.4) is 0 Å². The van der Waals surface area contributed by atoms with E-state index in [-0.39, 0.29) is 5.31 Å². The molecule has 31 heavy (non-hydrogen) atoms. The Labute approximate surface area is 190 Å². The van der Waals surface area contributed by atoms with Crippen LogP contribution in [-0.4, -0.2) is 27.4 Å². The molecule has 0 saturated heterocycles. The summed E-state index contributed by atoms with van der Waals surface area (Å²) in [6, 6.07) is 0. The van der Waals surface area contributed by atoms with E-state index in [0.717, 1.165) is 36.6 Å². The lowest BCUT2D eigenvalue weighted by molar-refractivity contribution is 0.416. The van der Waals surface area contributed by atoms with Gasteiger partial charge in [-0.1, -0.05) is 90.3 Å². The fraction of sp³-hybridized carbons (Fsp3) is 0.808. The second kappa shape index (κ2) is 10.0. The second-order valence-electron chi connectivity index (χ2n) is 11.0. The minimum Gasteiger partial charge on any atom is -0.217 e. The molecule has 2 aromatic heterocycles. The maximum atomic E-state index is 6.79. The zero-order valence-corrected chi connectivity index (χ0v) is 20.1. The summed E-state index contributed by atoms with van der Waals surface area (Å²) < 4.78 is 2.07. The standard InChI is InChI=1S/C26H41BN4/c1-19(2)22-18-28-31-24(21-15-11-7-8-12-16-26(3,27)17-21)29-23(30-25(22)31)20-13-9-5-4-6-10-14-20/h18-21H,4-17H2,1-3H3. The van der Waals surface area contributed by atoms with Crippen LogP contribution in [0.15, 0.2) is 6.20 Å². The average molecular weight is 420 g/mol. The van der Waals surface area contributed by atoms with Crippen molar-refractivity contribution in [2.75, 3.05) is 0 Å². The normalized spacial score (nSPS) is 27.4. The van der Waals surface area contributed by atoms with E-state index in [1.807, 2.05) is 6.20 Å². The molecule has 2 fully saturated rings. The van der Waals surface area contributed by atoms with E-state index in [0.29, 0.717) is 17.8 Å². The van der Waals surface area contributed by atoms with Crippen molar-refractivity contribution in [3.63, 3.8) is 0 Å². The van der Waals surface area contributed by atoms with Crippen molar-refractivity contribution >= 4 is 13.5 Å². The van der Waals surface area contributed by atoms with Crippen LogP contribution in [0.4, 0.5) is 0 Å². The second-order valence-corrected chi connectivity index (χ2v) is 11.0. The minimum absolute atomic E-state index is 0.138. The van der Waals surface area contributed by atoms with E-state index in [9.17, 15) is 0 Å². The molecule has 2 heterocycles. The number of fused-ring (bicyclic) bond motifs is 1. The maximum absolute atomic E-state index is 6.79. The highest BCUT2D eigenvalue weighted by molar-refractivity contribution is 6.14. The maximum Gasteiger partial charge on any atom is 0.162 e. The van der Waals surface area contributed by atoms with Gasteiger partial charge in [-0.25, -0.2) is 14.5 Å². The Morgan fingerprint density at radius 3 is 2.19 bits per heavy atom. The molecule has 4 nitrogen and oxygen atoms in total. The summed E-state index contributed by atoms with van der Waals surface area (Å²) in [7, 11) is 6.79. The molecule has 0 bridgehead atoms. The Balaban J connectivity index is 1.78. The van der Waals surface area contributed by atoms with Gasteiger partial charge in [0, 0.05) is 17.4 Å². The van der Waals surface area contributed by atoms with Crippen LogP contribution < -0.4 is 0 Å². The first-order chi connectivity index (χ1) is 14.9. The highest BCUT2D eigenvalue weighted by Crippen LogP contribution is 2.43. The van der Waals surface area contributed by atoms with Crippen LogP contribution in [0.25, 0.3) is 5.65 Å². The first kappa shape index (κ1) is 22.8. The van der Waals surface area contributed by atoms with E-state index in [1.54, 1.807) is 0 Å². The van der Waals surface area contributed by atoms with Crippen molar-refractivity contribution in [3.8, 4) is 0 Å². The van der Waals surface area contributed by atoms with Crippen LogP contribution in [0.2, 0.25) is 5.31 Å². The van der Waals surface area contributed by atoms with Gasteiger partial charge in [-0.05, 0) is 31.6 Å². The van der Waals surface area contributed by atoms with E-state index >= 15 is 0 Å². The Morgan fingerprint density at radius 2 is 1.52 bits per heavy atom. The lowest BCUT2D eigenvalue weighted by atomic mass is 9.62. The molecule has 0 aliphatic heterocycles. The Kier molecular flexibility index (Phi) is 7.38. The molecule has 2 atom stereocenters. The molecule has 4 rings (SSSR count). The third-order valence-electron chi connectivity index (χ3n) is 7.66. The number of nitrogens with zero attached hydrogens (tertiary/aromatic N) is 4. The minimum atomic E-state index is -0.138. The lowest BCUT2D eigenvalue weighted by Gasteiger charge is -2.30. The molecule has 2 aliphatic rings. The molecule has 2 unspecified atom stereocenters. The molecule has 0 aromatic carbocycles. The smallest absolute Gasteiger partial charge is 0.162 e. The zero-order chi connectivity index (χ0) is 21.8. The SMILES string of the molecule is [B]C1(C)CCCCCCC(c2nc(C3CCCCCCC3)nc3c(C(C)C)cnn23)C1. The van der Waals surface area contributed by atoms with Crippen molar-refractivity contribution in [3.05, 3.63) is 23.4 Å². The molecule has 2 saturated carbocycles. The highest BCUT2D eigenvalue weighted by Gasteiger charge is 2.30. The third-order valence-corrected chi connectivity index (χ3v) is 7.66. The molecule has 0 N–H and O–H groups in total. The average Bonchev–Trinajstić information content (AvgIpc) is 3.15. The van der Waals surface area contributed by atoms with Crippen molar-refractivity contribution in [1.29, 1.82) is 0 Å². The summed E-state index contributed by atoms with van der Waals surface area (Å²) in [4.78, 5) is 10.5. The highest BCUT2D eigenvalue weighted by atomic mass is 15.3. The predicted molar refractivity (Wildman–Crippen MR) is 129 cm³/mol. The Morgan fingerprint density at radius 1 is 0.903 bits per heavy atom. The fourth-order valence-electron chi connectivity index (χ4n) is 5.76. The van der Waals surface area contributed by atoms with Gasteiger partial charge in [0.25, 0.3) is 0 Å². The molecule has 5 heteroatoms. The summed E-state index contributed by atoms with van der Waals surface area (Å²) >= 11 is 0. The van der Waals surface area contributed by atoms with Gasteiger partial charge in [0.1, 0.15) is 11.6 Å². The molecule has 0 amide bonds. The van der Waals surface area contributed by atoms with Crippen LogP contribution >= 0.6 is 0 Å². The number of rotatable bonds is 3. The van der Waals surface area contributed by atoms with E-state index < -0.39 is 0 Å². The summed E-state index contributed by atoms with van der Waals surface area (Å²) in [5, 5.41) is 4.67. The van der Waals surface area contributed by atoms with Crippen LogP contribution in [-0.2, 0) is 0 Å². The van der Waals surface area contributed by atoms with Crippen molar-refractivity contribution in [1.82, 2.24) is 19.6 Å². The monoisotopic (exact) mass is 420 g/mol. The van der Waals surface area contributed by atoms with Gasteiger partial charge in [0.05, 0.1) is 14.0 Å². The zero-order valence-electron chi connectivity index (χ0n) is 20.1. The fourth-order valence-corrected chi connectivity index (χ4v) is 5.76. The van der Waals surface area contributed by atoms with Gasteiger partial charge in [-0.3, -0.25) is 0 Å². The van der Waals surface area contributed by atoms with Crippen molar-refractivity contribution in [2.24, 2.45) is 0 Å². The largest absolute Gasteiger partial charge is 0.217 e. The Bertz CT molecular complexity index is 848. The Hall–Kier alpha value is -1.39. The van der Waals surface area contributed by atoms with Crippen LogP contribution in [0, 0.1) is 0 Å². The van der Waals surface area contributed by atoms with Gasteiger partial charge in [0.15, 0.2) is 5.65 Å². The van der Waals surface area contributed by atoms with Crippen LogP contribution in [0.5, 0.6) is 0 Å². The third kappa shape index (κ3) is 5.52. The summed E-state index contributed by atoms with van der Waals surface area (Å²) in [5.41, 5.74) is 2.28. The number of aromatic nitrogens is 4. The van der Waals surface area contributed by atoms with E-state index in [4.69, 9.17) is 22.9 Å². The lowest BCUT2D eigenvalue weighted by Crippen LogP contribution is -2.20. The van der Waals surface area contributed by atoms with Gasteiger partial charge in [-0.15, -0.1) is 0 Å². The molecular weight excluding hydrogens is 379 g/mol. The van der Waals surface area contributed by atoms with Gasteiger partial charge >= 0.3 is 0 Å². The van der Waals surface area contributed by atoms with Crippen LogP contribution in [0.1, 0.15) is 146 Å². The molecule has 2 aliphatic carbocycles. The topological polar surface area (TPSA) is 43.1 Å². The van der Waals surface area contributed by atoms with Gasteiger partial charge < -0.3 is 0 Å². The van der Waals surface area contributed by atoms with E-state index in [2.05, 4.69) is 25.3 Å². The van der Waals surface area contributed by atoms with Gasteiger partial charge in [0.2, 0.25) is 0 Å². The first-order valence-corrected chi connectivity index (χ1v) is 13.0.